The Morgan fingerprint density at radius 2 is 1.41 bits per heavy atom. The van der Waals surface area contributed by atoms with Crippen LogP contribution in [0.15, 0.2) is 12.4 Å². The average molecular weight is 458 g/mol. The van der Waals surface area contributed by atoms with Crippen LogP contribution in [0.2, 0.25) is 5.15 Å². The van der Waals surface area contributed by atoms with Crippen LogP contribution in [0.5, 0.6) is 0 Å². The van der Waals surface area contributed by atoms with E-state index in [4.69, 9.17) is 11.6 Å². The van der Waals surface area contributed by atoms with Crippen LogP contribution >= 0.6 is 11.6 Å². The van der Waals surface area contributed by atoms with Crippen LogP contribution in [0.4, 0.5) is 5.82 Å². The molecule has 2 saturated heterocycles. The van der Waals surface area contributed by atoms with Gasteiger partial charge in [0.15, 0.2) is 0 Å². The van der Waals surface area contributed by atoms with Gasteiger partial charge in [-0.05, 0) is 68.7 Å². The lowest BCUT2D eigenvalue weighted by Gasteiger charge is -2.58. The Bertz CT molecular complexity index is 868. The number of aromatic nitrogens is 2. The molecule has 7 rings (SSSR count). The van der Waals surface area contributed by atoms with Gasteiger partial charge in [0.2, 0.25) is 11.8 Å². The summed E-state index contributed by atoms with van der Waals surface area (Å²) in [5, 5.41) is 0.427. The molecule has 0 N–H and O–H groups in total. The largest absolute Gasteiger partial charge is 0.353 e. The minimum atomic E-state index is 0.0190. The third-order valence-corrected chi connectivity index (χ3v) is 9.31. The zero-order chi connectivity index (χ0) is 21.8. The molecule has 7 nitrogen and oxygen atoms in total. The van der Waals surface area contributed by atoms with E-state index < -0.39 is 0 Å². The smallest absolute Gasteiger partial charge is 0.233 e. The summed E-state index contributed by atoms with van der Waals surface area (Å²) in [4.78, 5) is 41.2. The van der Waals surface area contributed by atoms with Crippen molar-refractivity contribution in [3.05, 3.63) is 17.5 Å². The molecular formula is C24H32ClN5O2. The second-order valence-corrected chi connectivity index (χ2v) is 10.8. The van der Waals surface area contributed by atoms with Crippen LogP contribution in [0.3, 0.4) is 0 Å². The number of rotatable bonds is 6. The van der Waals surface area contributed by atoms with Gasteiger partial charge < -0.3 is 4.90 Å². The molecule has 2 aliphatic heterocycles. The SMILES string of the molecule is O=C1C2C3CCC(C4CCC43)C2C(=O)N1CCCCN1CCN(c2cncc(Cl)n2)CC1. The number of hydrogen-bond donors (Lipinski definition) is 0. The number of hydrogen-bond acceptors (Lipinski definition) is 6. The van der Waals surface area contributed by atoms with Crippen molar-refractivity contribution in [1.82, 2.24) is 19.8 Å². The van der Waals surface area contributed by atoms with Gasteiger partial charge in [0, 0.05) is 32.7 Å². The summed E-state index contributed by atoms with van der Waals surface area (Å²) < 4.78 is 0. The summed E-state index contributed by atoms with van der Waals surface area (Å²) in [6.07, 6.45) is 10.2. The summed E-state index contributed by atoms with van der Waals surface area (Å²) in [7, 11) is 0. The van der Waals surface area contributed by atoms with Crippen LogP contribution in [0.1, 0.15) is 38.5 Å². The lowest BCUT2D eigenvalue weighted by atomic mass is 9.44. The first-order chi connectivity index (χ1) is 15.6. The van der Waals surface area contributed by atoms with Gasteiger partial charge in [0.25, 0.3) is 0 Å². The molecule has 2 bridgehead atoms. The lowest BCUT2D eigenvalue weighted by Crippen LogP contribution is -2.55. The molecule has 1 aromatic rings. The first kappa shape index (κ1) is 20.8. The summed E-state index contributed by atoms with van der Waals surface area (Å²) in [6.45, 7) is 5.39. The Morgan fingerprint density at radius 1 is 0.812 bits per heavy atom. The fourth-order valence-corrected chi connectivity index (χ4v) is 7.65. The number of carbonyl (C=O) groups excluding carboxylic acids is 2. The van der Waals surface area contributed by atoms with Crippen molar-refractivity contribution in [2.75, 3.05) is 44.2 Å². The molecule has 8 heteroatoms. The van der Waals surface area contributed by atoms with Gasteiger partial charge in [0.05, 0.1) is 24.2 Å². The number of anilines is 1. The van der Waals surface area contributed by atoms with Gasteiger partial charge in [-0.2, -0.15) is 0 Å². The number of piperazine rings is 1. The average Bonchev–Trinajstić information content (AvgIpc) is 3.03. The van der Waals surface area contributed by atoms with Crippen LogP contribution in [-0.4, -0.2) is 70.9 Å². The van der Waals surface area contributed by atoms with Crippen LogP contribution in [0.25, 0.3) is 0 Å². The summed E-state index contributed by atoms with van der Waals surface area (Å²) >= 11 is 5.97. The molecule has 6 unspecified atom stereocenters. The van der Waals surface area contributed by atoms with Crippen molar-refractivity contribution in [2.45, 2.75) is 38.5 Å². The fourth-order valence-electron chi connectivity index (χ4n) is 7.51. The van der Waals surface area contributed by atoms with Gasteiger partial charge >= 0.3 is 0 Å². The lowest BCUT2D eigenvalue weighted by molar-refractivity contribution is -0.151. The maximum Gasteiger partial charge on any atom is 0.233 e. The monoisotopic (exact) mass is 457 g/mol. The zero-order valence-corrected chi connectivity index (χ0v) is 19.3. The Kier molecular flexibility index (Phi) is 5.37. The van der Waals surface area contributed by atoms with E-state index in [2.05, 4.69) is 19.8 Å². The van der Waals surface area contributed by atoms with E-state index in [-0.39, 0.29) is 23.7 Å². The first-order valence-electron chi connectivity index (χ1n) is 12.4. The fraction of sp³-hybridized carbons (Fsp3) is 0.750. The van der Waals surface area contributed by atoms with Crippen LogP contribution < -0.4 is 4.90 Å². The van der Waals surface area contributed by atoms with E-state index >= 15 is 0 Å². The maximum absolute atomic E-state index is 13.2. The number of amides is 2. The highest BCUT2D eigenvalue weighted by molar-refractivity contribution is 6.29. The Balaban J connectivity index is 0.977. The molecule has 4 aliphatic carbocycles. The molecule has 4 saturated carbocycles. The summed E-state index contributed by atoms with van der Waals surface area (Å²) in [6, 6.07) is 0. The van der Waals surface area contributed by atoms with Crippen molar-refractivity contribution in [3.63, 3.8) is 0 Å². The van der Waals surface area contributed by atoms with Gasteiger partial charge in [-0.1, -0.05) is 11.6 Å². The molecule has 0 radical (unpaired) electrons. The van der Waals surface area contributed by atoms with Gasteiger partial charge in [-0.3, -0.25) is 24.4 Å². The Morgan fingerprint density at radius 3 is 2.00 bits per heavy atom. The quantitative estimate of drug-likeness (QED) is 0.483. The van der Waals surface area contributed by atoms with Crippen LogP contribution in [-0.2, 0) is 9.59 Å². The van der Waals surface area contributed by atoms with E-state index in [9.17, 15) is 9.59 Å². The zero-order valence-electron chi connectivity index (χ0n) is 18.5. The summed E-state index contributed by atoms with van der Waals surface area (Å²) in [5.41, 5.74) is 0. The Hall–Kier alpha value is -1.73. The predicted octanol–water partition coefficient (Wildman–Crippen LogP) is 2.70. The summed E-state index contributed by atoms with van der Waals surface area (Å²) in [5.74, 6) is 3.67. The van der Waals surface area contributed by atoms with Gasteiger partial charge in [0.1, 0.15) is 11.0 Å². The van der Waals surface area contributed by atoms with Crippen molar-refractivity contribution in [3.8, 4) is 0 Å². The number of carbonyl (C=O) groups is 2. The topological polar surface area (TPSA) is 69.6 Å². The van der Waals surface area contributed by atoms with Crippen molar-refractivity contribution in [2.24, 2.45) is 35.5 Å². The molecular weight excluding hydrogens is 426 g/mol. The van der Waals surface area contributed by atoms with Crippen LogP contribution in [0, 0.1) is 35.5 Å². The van der Waals surface area contributed by atoms with Crippen molar-refractivity contribution < 1.29 is 9.59 Å². The molecule has 0 aromatic carbocycles. The van der Waals surface area contributed by atoms with E-state index in [1.165, 1.54) is 25.7 Å². The molecule has 6 atom stereocenters. The predicted molar refractivity (Wildman–Crippen MR) is 121 cm³/mol. The first-order valence-corrected chi connectivity index (χ1v) is 12.8. The molecule has 32 heavy (non-hydrogen) atoms. The number of unbranched alkanes of at least 4 members (excludes halogenated alkanes) is 1. The number of likely N-dealkylation sites (tertiary alicyclic amines) is 1. The standard InChI is InChI=1S/C24H32ClN5O2/c25-19-13-26-14-20(27-19)29-11-9-28(10-12-29)7-1-2-8-30-23(31)21-17-5-6-18(22(21)24(30)32)16-4-3-15(16)17/h13-18,21-22H,1-12H2. The molecule has 0 spiro atoms. The van der Waals surface area contributed by atoms with E-state index in [1.54, 1.807) is 17.3 Å². The number of nitrogens with zero attached hydrogens (tertiary/aromatic N) is 5. The third-order valence-electron chi connectivity index (χ3n) is 9.12. The molecule has 172 valence electrons. The highest BCUT2D eigenvalue weighted by atomic mass is 35.5. The molecule has 3 heterocycles. The normalized spacial score (nSPS) is 36.3. The van der Waals surface area contributed by atoms with Gasteiger partial charge in [-0.15, -0.1) is 0 Å². The molecule has 6 aliphatic rings. The molecule has 6 fully saturated rings. The van der Waals surface area contributed by atoms with E-state index in [1.807, 2.05) is 0 Å². The second-order valence-electron chi connectivity index (χ2n) is 10.4. The van der Waals surface area contributed by atoms with Crippen molar-refractivity contribution in [1.29, 1.82) is 0 Å². The minimum Gasteiger partial charge on any atom is -0.353 e. The Labute approximate surface area is 194 Å². The maximum atomic E-state index is 13.2. The number of fused-ring (bicyclic) bond motifs is 1. The van der Waals surface area contributed by atoms with Gasteiger partial charge in [-0.25, -0.2) is 4.98 Å². The number of imide groups is 1. The third kappa shape index (κ3) is 3.35. The van der Waals surface area contributed by atoms with E-state index in [0.717, 1.165) is 63.2 Å². The van der Waals surface area contributed by atoms with Crippen molar-refractivity contribution >= 4 is 29.2 Å². The molecule has 2 amide bonds. The highest BCUT2D eigenvalue weighted by Crippen LogP contribution is 2.64. The van der Waals surface area contributed by atoms with E-state index in [0.29, 0.717) is 23.5 Å². The minimum absolute atomic E-state index is 0.0190. The highest BCUT2D eigenvalue weighted by Gasteiger charge is 2.65. The second kappa shape index (κ2) is 8.24. The number of halogens is 1. The molecule has 1 aromatic heterocycles.